The van der Waals surface area contributed by atoms with Gasteiger partial charge in [-0.2, -0.15) is 0 Å². The fourth-order valence-electron chi connectivity index (χ4n) is 2.13. The van der Waals surface area contributed by atoms with Crippen molar-refractivity contribution < 1.29 is 14.3 Å². The summed E-state index contributed by atoms with van der Waals surface area (Å²) < 4.78 is 10.6. The summed E-state index contributed by atoms with van der Waals surface area (Å²) >= 11 is 0. The summed E-state index contributed by atoms with van der Waals surface area (Å²) in [6, 6.07) is 11.5. The number of hydrogen-bond acceptors (Lipinski definition) is 3. The molecule has 0 aliphatic rings. The van der Waals surface area contributed by atoms with Crippen LogP contribution in [0.5, 0.6) is 11.5 Å². The van der Waals surface area contributed by atoms with Gasteiger partial charge in [0.15, 0.2) is 5.52 Å². The summed E-state index contributed by atoms with van der Waals surface area (Å²) in [5.74, 6) is 1.11. The molecule has 0 radical (unpaired) electrons. The third-order valence-corrected chi connectivity index (χ3v) is 4.58. The molecule has 0 aromatic heterocycles. The summed E-state index contributed by atoms with van der Waals surface area (Å²) in [6.07, 6.45) is 0. The van der Waals surface area contributed by atoms with Crippen LogP contribution in [-0.2, 0) is 0 Å². The van der Waals surface area contributed by atoms with Crippen LogP contribution in [0.1, 0.15) is 21.5 Å². The molecule has 0 heterocycles. The topological polar surface area (TPSA) is 35.5 Å². The van der Waals surface area contributed by atoms with E-state index in [0.29, 0.717) is 17.1 Å². The van der Waals surface area contributed by atoms with Crippen molar-refractivity contribution in [3.05, 3.63) is 53.1 Å². The van der Waals surface area contributed by atoms with E-state index in [1.165, 1.54) is 0 Å². The fourth-order valence-corrected chi connectivity index (χ4v) is 3.33. The molecule has 0 saturated carbocycles. The molecule has 0 fully saturated rings. The molecule has 2 rings (SSSR count). The first kappa shape index (κ1) is 18.8. The molecule has 2 aromatic rings. The van der Waals surface area contributed by atoms with E-state index in [4.69, 9.17) is 9.47 Å². The van der Waals surface area contributed by atoms with E-state index < -0.39 is 0 Å². The van der Waals surface area contributed by atoms with E-state index in [0.717, 1.165) is 16.4 Å². The van der Waals surface area contributed by atoms with Gasteiger partial charge in [0.05, 0.1) is 14.2 Å². The molecule has 112 valence electrons. The predicted molar refractivity (Wildman–Crippen MR) is 94.9 cm³/mol. The molecule has 0 N–H and O–H groups in total. The Hall–Kier alpha value is -1.26. The zero-order chi connectivity index (χ0) is 15.4. The number of aryl methyl sites for hydroxylation is 2. The Morgan fingerprint density at radius 1 is 1.00 bits per heavy atom. The Kier molecular flexibility index (Phi) is 7.17. The van der Waals surface area contributed by atoms with Crippen LogP contribution < -0.4 is 14.8 Å². The van der Waals surface area contributed by atoms with Crippen molar-refractivity contribution in [1.29, 1.82) is 0 Å². The average Bonchev–Trinajstić information content (AvgIpc) is 2.49. The molecule has 0 spiro atoms. The standard InChI is InChI=1S/C17H19O3P.Li.H/c1-11-8-9-12(2)15(10-11)21-17(18)16-13(19-3)6-5-7-14(16)20-4;;/h5-10,21H,1-4H3;;. The molecule has 1 unspecified atom stereocenters. The first-order valence-corrected chi connectivity index (χ1v) is 7.66. The number of rotatable bonds is 5. The van der Waals surface area contributed by atoms with Crippen LogP contribution in [-0.4, -0.2) is 38.6 Å². The zero-order valence-electron chi connectivity index (χ0n) is 12.7. The second-order valence-corrected chi connectivity index (χ2v) is 6.05. The van der Waals surface area contributed by atoms with Crippen molar-refractivity contribution in [3.63, 3.8) is 0 Å². The number of carbonyl (C=O) groups excluding carboxylic acids is 1. The molecule has 1 atom stereocenters. The van der Waals surface area contributed by atoms with E-state index in [9.17, 15) is 4.79 Å². The van der Waals surface area contributed by atoms with Crippen molar-refractivity contribution in [2.24, 2.45) is 0 Å². The molecule has 0 aliphatic heterocycles. The number of ether oxygens (including phenoxy) is 2. The van der Waals surface area contributed by atoms with Crippen molar-refractivity contribution in [2.75, 3.05) is 14.2 Å². The van der Waals surface area contributed by atoms with Crippen molar-refractivity contribution in [2.45, 2.75) is 13.8 Å². The van der Waals surface area contributed by atoms with E-state index in [2.05, 4.69) is 12.1 Å². The van der Waals surface area contributed by atoms with Gasteiger partial charge in [0.1, 0.15) is 17.1 Å². The summed E-state index contributed by atoms with van der Waals surface area (Å²) in [4.78, 5) is 12.7. The first-order valence-electron chi connectivity index (χ1n) is 6.66. The average molecular weight is 310 g/mol. The Balaban J connectivity index is 0.00000242. The van der Waals surface area contributed by atoms with Gasteiger partial charge in [-0.05, 0) is 45.4 Å². The summed E-state index contributed by atoms with van der Waals surface area (Å²) in [7, 11) is 3.18. The van der Waals surface area contributed by atoms with Crippen LogP contribution in [0.15, 0.2) is 36.4 Å². The Bertz CT molecular complexity index is 649. The second kappa shape index (κ2) is 8.39. The number of hydrogen-bond donors (Lipinski definition) is 0. The van der Waals surface area contributed by atoms with Crippen LogP contribution in [0.4, 0.5) is 0 Å². The Labute approximate surface area is 145 Å². The molecular weight excluding hydrogens is 290 g/mol. The molecule has 3 nitrogen and oxygen atoms in total. The molecule has 0 amide bonds. The molecule has 22 heavy (non-hydrogen) atoms. The van der Waals surface area contributed by atoms with Gasteiger partial charge in [-0.3, -0.25) is 4.79 Å². The number of benzene rings is 2. The molecule has 0 saturated heterocycles. The normalized spacial score (nSPS) is 10.4. The van der Waals surface area contributed by atoms with Gasteiger partial charge in [-0.1, -0.05) is 29.8 Å². The van der Waals surface area contributed by atoms with E-state index in [1.807, 2.05) is 26.0 Å². The minimum absolute atomic E-state index is 0. The fraction of sp³-hybridized carbons (Fsp3) is 0.235. The van der Waals surface area contributed by atoms with E-state index >= 15 is 0 Å². The maximum absolute atomic E-state index is 12.7. The zero-order valence-corrected chi connectivity index (χ0v) is 13.7. The van der Waals surface area contributed by atoms with Crippen molar-refractivity contribution in [3.8, 4) is 11.5 Å². The van der Waals surface area contributed by atoms with Crippen LogP contribution >= 0.6 is 8.58 Å². The van der Waals surface area contributed by atoms with Crippen molar-refractivity contribution in [1.82, 2.24) is 0 Å². The molecule has 0 bridgehead atoms. The summed E-state index contributed by atoms with van der Waals surface area (Å²) in [5, 5.41) is 1.06. The molecular formula is C17H20LiO3P. The first-order chi connectivity index (χ1) is 10.1. The van der Waals surface area contributed by atoms with Gasteiger partial charge in [0.25, 0.3) is 0 Å². The number of carbonyl (C=O) groups is 1. The van der Waals surface area contributed by atoms with Gasteiger partial charge < -0.3 is 9.47 Å². The van der Waals surface area contributed by atoms with Crippen molar-refractivity contribution >= 4 is 38.3 Å². The van der Waals surface area contributed by atoms with Gasteiger partial charge in [0, 0.05) is 0 Å². The second-order valence-electron chi connectivity index (χ2n) is 4.81. The van der Waals surface area contributed by atoms with Gasteiger partial charge in [-0.25, -0.2) is 0 Å². The Morgan fingerprint density at radius 3 is 2.14 bits per heavy atom. The summed E-state index contributed by atoms with van der Waals surface area (Å²) in [6.45, 7) is 4.05. The van der Waals surface area contributed by atoms with Crippen LogP contribution in [0.2, 0.25) is 0 Å². The minimum atomic E-state index is 0. The molecule has 5 heteroatoms. The SMILES string of the molecule is COc1cccc(OC)c1C(=O)Pc1cc(C)ccc1C.[LiH]. The summed E-state index contributed by atoms with van der Waals surface area (Å²) in [5.41, 5.74) is 2.82. The van der Waals surface area contributed by atoms with Gasteiger partial charge >= 0.3 is 18.9 Å². The monoisotopic (exact) mass is 310 g/mol. The Morgan fingerprint density at radius 2 is 1.59 bits per heavy atom. The van der Waals surface area contributed by atoms with Crippen LogP contribution in [0, 0.1) is 13.8 Å². The third kappa shape index (κ3) is 4.14. The van der Waals surface area contributed by atoms with E-state index in [-0.39, 0.29) is 33.0 Å². The van der Waals surface area contributed by atoms with E-state index in [1.54, 1.807) is 26.4 Å². The predicted octanol–water partition coefficient (Wildman–Crippen LogP) is 2.82. The quantitative estimate of drug-likeness (QED) is 0.629. The van der Waals surface area contributed by atoms with Crippen LogP contribution in [0.25, 0.3) is 0 Å². The van der Waals surface area contributed by atoms with Gasteiger partial charge in [0.2, 0.25) is 0 Å². The van der Waals surface area contributed by atoms with Gasteiger partial charge in [-0.15, -0.1) is 0 Å². The molecule has 0 aliphatic carbocycles. The number of methoxy groups -OCH3 is 2. The molecule has 2 aromatic carbocycles. The van der Waals surface area contributed by atoms with Crippen LogP contribution in [0.3, 0.4) is 0 Å². The third-order valence-electron chi connectivity index (χ3n) is 3.30. The maximum atomic E-state index is 12.7.